The van der Waals surface area contributed by atoms with E-state index in [2.05, 4.69) is 15.7 Å². The summed E-state index contributed by atoms with van der Waals surface area (Å²) in [5.74, 6) is 5.64. The van der Waals surface area contributed by atoms with Crippen molar-refractivity contribution in [1.29, 1.82) is 0 Å². The zero-order valence-corrected chi connectivity index (χ0v) is 11.5. The van der Waals surface area contributed by atoms with Gasteiger partial charge in [0.2, 0.25) is 0 Å². The molecule has 3 heterocycles. The Morgan fingerprint density at radius 2 is 2.19 bits per heavy atom. The summed E-state index contributed by atoms with van der Waals surface area (Å²) < 4.78 is 5.27. The Balaban J connectivity index is 1.82. The molecule has 2 aliphatic rings. The van der Waals surface area contributed by atoms with E-state index in [-0.39, 0.29) is 18.5 Å². The number of nitrogens with one attached hydrogen (secondary N) is 2. The number of urea groups is 1. The average Bonchev–Trinajstić information content (AvgIpc) is 2.73. The Kier molecular flexibility index (Phi) is 3.48. The number of nitrogens with zero attached hydrogens (tertiary/aromatic N) is 2. The van der Waals surface area contributed by atoms with Crippen molar-refractivity contribution >= 4 is 17.8 Å². The summed E-state index contributed by atoms with van der Waals surface area (Å²) in [5, 5.41) is 2.81. The molecule has 0 unspecified atom stereocenters. The van der Waals surface area contributed by atoms with Gasteiger partial charge in [0.25, 0.3) is 5.91 Å². The van der Waals surface area contributed by atoms with Crippen molar-refractivity contribution in [2.75, 3.05) is 18.6 Å². The fraction of sp³-hybridized carbons (Fsp3) is 0.462. The third kappa shape index (κ3) is 2.32. The highest BCUT2D eigenvalue weighted by Gasteiger charge is 2.51. The molecule has 2 aliphatic heterocycles. The van der Waals surface area contributed by atoms with Gasteiger partial charge >= 0.3 is 6.03 Å². The van der Waals surface area contributed by atoms with Gasteiger partial charge in [-0.1, -0.05) is 6.07 Å². The van der Waals surface area contributed by atoms with Crippen molar-refractivity contribution in [3.63, 3.8) is 0 Å². The van der Waals surface area contributed by atoms with Crippen LogP contribution >= 0.6 is 0 Å². The molecule has 1 spiro atoms. The number of carbonyl (C=O) groups is 2. The van der Waals surface area contributed by atoms with Gasteiger partial charge in [-0.3, -0.25) is 9.69 Å². The number of hydrazine groups is 1. The molecule has 8 heteroatoms. The second-order valence-electron chi connectivity index (χ2n) is 5.17. The second kappa shape index (κ2) is 5.30. The molecule has 2 fully saturated rings. The van der Waals surface area contributed by atoms with Gasteiger partial charge in [-0.05, 0) is 6.07 Å². The molecule has 4 N–H and O–H groups in total. The lowest BCUT2D eigenvalue weighted by Gasteiger charge is -2.30. The highest BCUT2D eigenvalue weighted by atomic mass is 16.5. The van der Waals surface area contributed by atoms with Gasteiger partial charge in [-0.2, -0.15) is 0 Å². The second-order valence-corrected chi connectivity index (χ2v) is 5.17. The first kappa shape index (κ1) is 13.8. The number of aromatic nitrogens is 1. The molecular formula is C13H17N5O3. The molecule has 112 valence electrons. The number of anilines is 1. The Bertz CT molecular complexity index is 571. The molecule has 3 amide bonds. The molecular weight excluding hydrogens is 274 g/mol. The lowest BCUT2D eigenvalue weighted by atomic mass is 9.90. The smallest absolute Gasteiger partial charge is 0.325 e. The molecule has 1 aromatic heterocycles. The maximum atomic E-state index is 12.6. The van der Waals surface area contributed by atoms with Crippen molar-refractivity contribution in [2.24, 2.45) is 5.84 Å². The van der Waals surface area contributed by atoms with E-state index in [9.17, 15) is 9.59 Å². The van der Waals surface area contributed by atoms with E-state index in [1.165, 1.54) is 4.90 Å². The van der Waals surface area contributed by atoms with Crippen molar-refractivity contribution in [3.05, 3.63) is 23.9 Å². The van der Waals surface area contributed by atoms with Gasteiger partial charge in [0.1, 0.15) is 11.4 Å². The third-order valence-corrected chi connectivity index (χ3v) is 3.95. The number of rotatable bonds is 3. The molecule has 21 heavy (non-hydrogen) atoms. The van der Waals surface area contributed by atoms with Gasteiger partial charge in [0.05, 0.1) is 6.54 Å². The van der Waals surface area contributed by atoms with Crippen molar-refractivity contribution in [2.45, 2.75) is 24.9 Å². The summed E-state index contributed by atoms with van der Waals surface area (Å²) in [4.78, 5) is 30.0. The Labute approximate surface area is 121 Å². The average molecular weight is 291 g/mol. The maximum Gasteiger partial charge on any atom is 0.325 e. The monoisotopic (exact) mass is 291 g/mol. The van der Waals surface area contributed by atoms with E-state index < -0.39 is 5.54 Å². The lowest BCUT2D eigenvalue weighted by Crippen LogP contribution is -2.51. The number of carbonyl (C=O) groups excluding carboxylic acids is 2. The Hall–Kier alpha value is -2.19. The summed E-state index contributed by atoms with van der Waals surface area (Å²) in [7, 11) is 0. The number of hydrogen-bond acceptors (Lipinski definition) is 6. The molecule has 0 radical (unpaired) electrons. The van der Waals surface area contributed by atoms with Crippen LogP contribution < -0.4 is 16.6 Å². The van der Waals surface area contributed by atoms with Crippen LogP contribution in [0.1, 0.15) is 18.4 Å². The first-order chi connectivity index (χ1) is 10.2. The van der Waals surface area contributed by atoms with E-state index in [0.29, 0.717) is 37.4 Å². The number of nitrogen functional groups attached to an aromatic ring is 1. The van der Waals surface area contributed by atoms with Crippen molar-refractivity contribution in [1.82, 2.24) is 15.2 Å². The van der Waals surface area contributed by atoms with Crippen LogP contribution in [0.25, 0.3) is 0 Å². The SMILES string of the molecule is NNc1ncccc1CN1C(=O)NC2(CCOCC2)C1=O. The fourth-order valence-electron chi connectivity index (χ4n) is 2.75. The normalized spacial score (nSPS) is 20.7. The number of nitrogens with two attached hydrogens (primary N) is 1. The van der Waals surface area contributed by atoms with Gasteiger partial charge in [0.15, 0.2) is 0 Å². The number of pyridine rings is 1. The van der Waals surface area contributed by atoms with E-state index in [0.717, 1.165) is 0 Å². The van der Waals surface area contributed by atoms with Crippen LogP contribution in [0.4, 0.5) is 10.6 Å². The van der Waals surface area contributed by atoms with Crippen molar-refractivity contribution < 1.29 is 14.3 Å². The highest BCUT2D eigenvalue weighted by molar-refractivity contribution is 6.07. The Morgan fingerprint density at radius 3 is 2.90 bits per heavy atom. The minimum absolute atomic E-state index is 0.140. The van der Waals surface area contributed by atoms with Crippen LogP contribution in [0.3, 0.4) is 0 Å². The summed E-state index contributed by atoms with van der Waals surface area (Å²) >= 11 is 0. The van der Waals surface area contributed by atoms with E-state index in [4.69, 9.17) is 10.6 Å². The molecule has 8 nitrogen and oxygen atoms in total. The predicted octanol–water partition coefficient (Wildman–Crippen LogP) is -0.0318. The Morgan fingerprint density at radius 1 is 1.43 bits per heavy atom. The lowest BCUT2D eigenvalue weighted by molar-refractivity contribution is -0.134. The van der Waals surface area contributed by atoms with Crippen LogP contribution in [0.15, 0.2) is 18.3 Å². The number of amides is 3. The predicted molar refractivity (Wildman–Crippen MR) is 73.9 cm³/mol. The molecule has 0 aromatic carbocycles. The summed E-state index contributed by atoms with van der Waals surface area (Å²) in [6.07, 6.45) is 2.59. The largest absolute Gasteiger partial charge is 0.381 e. The molecule has 2 saturated heterocycles. The van der Waals surface area contributed by atoms with Crippen LogP contribution in [0, 0.1) is 0 Å². The minimum atomic E-state index is -0.812. The standard InChI is InChI=1S/C13H17N5O3/c14-17-10-9(2-1-5-15-10)8-18-11(19)13(16-12(18)20)3-6-21-7-4-13/h1-2,5H,3-4,6-8,14H2,(H,15,17)(H,16,20). The maximum absolute atomic E-state index is 12.6. The fourth-order valence-corrected chi connectivity index (χ4v) is 2.75. The van der Waals surface area contributed by atoms with E-state index >= 15 is 0 Å². The molecule has 0 bridgehead atoms. The van der Waals surface area contributed by atoms with Crippen LogP contribution in [0.2, 0.25) is 0 Å². The van der Waals surface area contributed by atoms with Gasteiger partial charge in [0, 0.05) is 37.8 Å². The highest BCUT2D eigenvalue weighted by Crippen LogP contribution is 2.29. The molecule has 0 aliphatic carbocycles. The van der Waals surface area contributed by atoms with Crippen LogP contribution in [0.5, 0.6) is 0 Å². The number of imide groups is 1. The first-order valence-electron chi connectivity index (χ1n) is 6.79. The number of hydrogen-bond donors (Lipinski definition) is 3. The first-order valence-corrected chi connectivity index (χ1v) is 6.79. The number of ether oxygens (including phenoxy) is 1. The van der Waals surface area contributed by atoms with Gasteiger partial charge < -0.3 is 15.5 Å². The van der Waals surface area contributed by atoms with Crippen LogP contribution in [-0.4, -0.2) is 40.6 Å². The van der Waals surface area contributed by atoms with Crippen LogP contribution in [-0.2, 0) is 16.1 Å². The van der Waals surface area contributed by atoms with Crippen molar-refractivity contribution in [3.8, 4) is 0 Å². The molecule has 3 rings (SSSR count). The topological polar surface area (TPSA) is 110 Å². The summed E-state index contributed by atoms with van der Waals surface area (Å²) in [6.45, 7) is 1.09. The zero-order chi connectivity index (χ0) is 14.9. The summed E-state index contributed by atoms with van der Waals surface area (Å²) in [6, 6.07) is 3.13. The molecule has 0 atom stereocenters. The molecule has 0 saturated carbocycles. The minimum Gasteiger partial charge on any atom is -0.381 e. The molecule has 1 aromatic rings. The zero-order valence-electron chi connectivity index (χ0n) is 11.5. The van der Waals surface area contributed by atoms with E-state index in [1.54, 1.807) is 18.3 Å². The third-order valence-electron chi connectivity index (χ3n) is 3.95. The van der Waals surface area contributed by atoms with E-state index in [1.807, 2.05) is 0 Å². The summed E-state index contributed by atoms with van der Waals surface area (Å²) in [5.41, 5.74) is 2.35. The quantitative estimate of drug-likeness (QED) is 0.410. The van der Waals surface area contributed by atoms with Gasteiger partial charge in [-0.15, -0.1) is 0 Å². The van der Waals surface area contributed by atoms with Gasteiger partial charge in [-0.25, -0.2) is 15.6 Å².